The number of benzene rings is 2. The first-order valence-electron chi connectivity index (χ1n) is 8.14. The van der Waals surface area contributed by atoms with Gasteiger partial charge in [0.2, 0.25) is 0 Å². The van der Waals surface area contributed by atoms with Crippen molar-refractivity contribution in [3.05, 3.63) is 59.7 Å². The van der Waals surface area contributed by atoms with Crippen LogP contribution in [-0.2, 0) is 10.4 Å². The molecule has 0 fully saturated rings. The van der Waals surface area contributed by atoms with Crippen molar-refractivity contribution in [2.24, 2.45) is 0 Å². The van der Waals surface area contributed by atoms with Crippen molar-refractivity contribution in [2.75, 3.05) is 25.1 Å². The third kappa shape index (κ3) is 3.21. The fourth-order valence-electron chi connectivity index (χ4n) is 2.88. The molecule has 0 bridgehead atoms. The summed E-state index contributed by atoms with van der Waals surface area (Å²) >= 11 is 0. The maximum atomic E-state index is 12.5. The number of rotatable bonds is 6. The van der Waals surface area contributed by atoms with Gasteiger partial charge < -0.3 is 20.1 Å². The number of carbonyl (C=O) groups is 1. The molecule has 2 aromatic rings. The Kier molecular flexibility index (Phi) is 4.71. The number of fused-ring (bicyclic) bond motifs is 1. The topological polar surface area (TPSA) is 59.6 Å². The fourth-order valence-corrected chi connectivity index (χ4v) is 2.88. The number of ether oxygens (including phenoxy) is 2. The van der Waals surface area contributed by atoms with Gasteiger partial charge in [-0.2, -0.15) is 0 Å². The first kappa shape index (κ1) is 16.3. The van der Waals surface area contributed by atoms with Gasteiger partial charge in [0, 0.05) is 17.9 Å². The first-order chi connectivity index (χ1) is 11.6. The zero-order valence-corrected chi connectivity index (χ0v) is 14.0. The van der Waals surface area contributed by atoms with Crippen LogP contribution < -0.4 is 15.4 Å². The van der Waals surface area contributed by atoms with Gasteiger partial charge in [0.25, 0.3) is 5.91 Å². The van der Waals surface area contributed by atoms with Crippen molar-refractivity contribution >= 4 is 11.6 Å². The predicted octanol–water partition coefficient (Wildman–Crippen LogP) is 3.13. The lowest BCUT2D eigenvalue weighted by Crippen LogP contribution is -2.53. The fraction of sp³-hybridized carbons (Fsp3) is 0.316. The Morgan fingerprint density at radius 3 is 2.58 bits per heavy atom. The monoisotopic (exact) mass is 326 g/mol. The van der Waals surface area contributed by atoms with Crippen LogP contribution in [0.15, 0.2) is 48.5 Å². The lowest BCUT2D eigenvalue weighted by atomic mass is 9.95. The van der Waals surface area contributed by atoms with E-state index in [1.807, 2.05) is 62.4 Å². The molecule has 1 atom stereocenters. The highest BCUT2D eigenvalue weighted by Gasteiger charge is 2.36. The van der Waals surface area contributed by atoms with Gasteiger partial charge in [-0.15, -0.1) is 0 Å². The molecule has 1 aliphatic heterocycles. The molecule has 0 saturated heterocycles. The van der Waals surface area contributed by atoms with Gasteiger partial charge in [-0.3, -0.25) is 4.79 Å². The quantitative estimate of drug-likeness (QED) is 0.801. The van der Waals surface area contributed by atoms with E-state index >= 15 is 0 Å². The minimum atomic E-state index is -0.742. The maximum Gasteiger partial charge on any atom is 0.255 e. The summed E-state index contributed by atoms with van der Waals surface area (Å²) in [7, 11) is 0. The Balaban J connectivity index is 1.87. The van der Waals surface area contributed by atoms with Crippen LogP contribution in [0, 0.1) is 0 Å². The van der Waals surface area contributed by atoms with E-state index in [0.29, 0.717) is 25.4 Å². The molecule has 126 valence electrons. The van der Waals surface area contributed by atoms with Gasteiger partial charge in [0.05, 0.1) is 12.2 Å². The number of hydrogen-bond donors (Lipinski definition) is 2. The zero-order valence-electron chi connectivity index (χ0n) is 14.0. The number of anilines is 1. The molecule has 0 aromatic heterocycles. The molecule has 0 saturated carbocycles. The minimum absolute atomic E-state index is 0.101. The largest absolute Gasteiger partial charge is 0.491 e. The van der Waals surface area contributed by atoms with E-state index in [4.69, 9.17) is 9.47 Å². The summed E-state index contributed by atoms with van der Waals surface area (Å²) in [5.74, 6) is 0.628. The molecule has 0 radical (unpaired) electrons. The molecule has 24 heavy (non-hydrogen) atoms. The second-order valence-corrected chi connectivity index (χ2v) is 5.79. The molecular weight excluding hydrogens is 304 g/mol. The summed E-state index contributed by atoms with van der Waals surface area (Å²) < 4.78 is 11.2. The van der Waals surface area contributed by atoms with Crippen LogP contribution in [0.2, 0.25) is 0 Å². The summed E-state index contributed by atoms with van der Waals surface area (Å²) in [5, 5.41) is 6.46. The molecule has 5 nitrogen and oxygen atoms in total. The summed E-state index contributed by atoms with van der Waals surface area (Å²) in [6.07, 6.45) is 0. The smallest absolute Gasteiger partial charge is 0.255 e. The standard InChI is InChI=1S/C19H22N2O3/c1-3-23-12-13-24-17-11-7-5-9-15(17)19(2)20-16-10-6-4-8-14(16)18(22)21-19/h4-11,20H,3,12-13H2,1-2H3,(H,21,22). The zero-order chi connectivity index (χ0) is 17.0. The van der Waals surface area contributed by atoms with Crippen LogP contribution in [0.3, 0.4) is 0 Å². The van der Waals surface area contributed by atoms with Gasteiger partial charge in [-0.25, -0.2) is 0 Å². The Bertz CT molecular complexity index is 732. The summed E-state index contributed by atoms with van der Waals surface area (Å²) in [6.45, 7) is 5.55. The second kappa shape index (κ2) is 6.93. The van der Waals surface area contributed by atoms with Crippen molar-refractivity contribution < 1.29 is 14.3 Å². The minimum Gasteiger partial charge on any atom is -0.491 e. The normalized spacial score (nSPS) is 19.2. The van der Waals surface area contributed by atoms with Crippen LogP contribution in [0.25, 0.3) is 0 Å². The first-order valence-corrected chi connectivity index (χ1v) is 8.14. The lowest BCUT2D eigenvalue weighted by Gasteiger charge is -2.38. The number of carbonyl (C=O) groups excluding carboxylic acids is 1. The molecular formula is C19H22N2O3. The third-order valence-corrected chi connectivity index (χ3v) is 4.03. The van der Waals surface area contributed by atoms with Gasteiger partial charge in [-0.1, -0.05) is 30.3 Å². The number of nitrogens with one attached hydrogen (secondary N) is 2. The highest BCUT2D eigenvalue weighted by atomic mass is 16.5. The molecule has 1 heterocycles. The van der Waals surface area contributed by atoms with E-state index < -0.39 is 5.66 Å². The summed E-state index contributed by atoms with van der Waals surface area (Å²) in [6, 6.07) is 15.2. The van der Waals surface area contributed by atoms with E-state index in [9.17, 15) is 4.79 Å². The number of amides is 1. The molecule has 5 heteroatoms. The van der Waals surface area contributed by atoms with Crippen molar-refractivity contribution in [1.29, 1.82) is 0 Å². The van der Waals surface area contributed by atoms with Crippen LogP contribution in [0.5, 0.6) is 5.75 Å². The maximum absolute atomic E-state index is 12.5. The average molecular weight is 326 g/mol. The molecule has 1 amide bonds. The van der Waals surface area contributed by atoms with Crippen LogP contribution in [-0.4, -0.2) is 25.7 Å². The molecule has 0 aliphatic carbocycles. The van der Waals surface area contributed by atoms with Crippen LogP contribution >= 0.6 is 0 Å². The van der Waals surface area contributed by atoms with Gasteiger partial charge in [-0.05, 0) is 32.0 Å². The molecule has 3 rings (SSSR count). The summed E-state index contributed by atoms with van der Waals surface area (Å²) in [4.78, 5) is 12.5. The van der Waals surface area contributed by atoms with Gasteiger partial charge in [0.15, 0.2) is 0 Å². The Morgan fingerprint density at radius 1 is 1.00 bits per heavy atom. The number of hydrogen-bond acceptors (Lipinski definition) is 4. The van der Waals surface area contributed by atoms with Crippen molar-refractivity contribution in [3.8, 4) is 5.75 Å². The third-order valence-electron chi connectivity index (χ3n) is 4.03. The van der Waals surface area contributed by atoms with Crippen LogP contribution in [0.1, 0.15) is 29.8 Å². The Morgan fingerprint density at radius 2 is 1.75 bits per heavy atom. The summed E-state index contributed by atoms with van der Waals surface area (Å²) in [5.41, 5.74) is 1.59. The van der Waals surface area contributed by atoms with E-state index in [2.05, 4.69) is 10.6 Å². The molecule has 2 aromatic carbocycles. The SMILES string of the molecule is CCOCCOc1ccccc1C1(C)NC(=O)c2ccccc2N1. The second-order valence-electron chi connectivity index (χ2n) is 5.79. The Labute approximate surface area is 142 Å². The molecule has 1 unspecified atom stereocenters. The van der Waals surface area contributed by atoms with Gasteiger partial charge in [0.1, 0.15) is 18.0 Å². The Hall–Kier alpha value is -2.53. The average Bonchev–Trinajstić information content (AvgIpc) is 2.59. The highest BCUT2D eigenvalue weighted by Crippen LogP contribution is 2.35. The van der Waals surface area contributed by atoms with Gasteiger partial charge >= 0.3 is 0 Å². The number of para-hydroxylation sites is 2. The van der Waals surface area contributed by atoms with E-state index in [0.717, 1.165) is 17.0 Å². The van der Waals surface area contributed by atoms with Crippen molar-refractivity contribution in [1.82, 2.24) is 5.32 Å². The van der Waals surface area contributed by atoms with E-state index in [1.54, 1.807) is 0 Å². The lowest BCUT2D eigenvalue weighted by molar-refractivity contribution is 0.0901. The van der Waals surface area contributed by atoms with Crippen molar-refractivity contribution in [3.63, 3.8) is 0 Å². The predicted molar refractivity (Wildman–Crippen MR) is 93.3 cm³/mol. The molecule has 2 N–H and O–H groups in total. The highest BCUT2D eigenvalue weighted by molar-refractivity contribution is 6.02. The van der Waals surface area contributed by atoms with E-state index in [1.165, 1.54) is 0 Å². The van der Waals surface area contributed by atoms with E-state index in [-0.39, 0.29) is 5.91 Å². The molecule has 1 aliphatic rings. The molecule has 0 spiro atoms. The van der Waals surface area contributed by atoms with Crippen molar-refractivity contribution in [2.45, 2.75) is 19.5 Å². The van der Waals surface area contributed by atoms with Crippen LogP contribution in [0.4, 0.5) is 5.69 Å².